The van der Waals surface area contributed by atoms with E-state index in [0.717, 1.165) is 19.3 Å². The van der Waals surface area contributed by atoms with Gasteiger partial charge in [-0.3, -0.25) is 9.36 Å². The lowest BCUT2D eigenvalue weighted by molar-refractivity contribution is 0.0524. The van der Waals surface area contributed by atoms with Gasteiger partial charge in [0, 0.05) is 25.1 Å². The van der Waals surface area contributed by atoms with E-state index in [4.69, 9.17) is 9.47 Å². The second-order valence-corrected chi connectivity index (χ2v) is 10.8. The number of nitrogens with one attached hydrogen (secondary N) is 1. The van der Waals surface area contributed by atoms with E-state index in [1.54, 1.807) is 46.1 Å². The summed E-state index contributed by atoms with van der Waals surface area (Å²) in [6.45, 7) is 12.2. The van der Waals surface area contributed by atoms with Gasteiger partial charge in [-0.2, -0.15) is 0 Å². The van der Waals surface area contributed by atoms with E-state index in [0.29, 0.717) is 28.6 Å². The first-order chi connectivity index (χ1) is 15.9. The van der Waals surface area contributed by atoms with Gasteiger partial charge in [0.05, 0.1) is 18.1 Å². The highest BCUT2D eigenvalue weighted by molar-refractivity contribution is 5.92. The van der Waals surface area contributed by atoms with Crippen LogP contribution in [0.15, 0.2) is 23.0 Å². The Hall–Kier alpha value is -2.77. The van der Waals surface area contributed by atoms with Crippen LogP contribution in [0.5, 0.6) is 5.75 Å². The van der Waals surface area contributed by atoms with Crippen LogP contribution in [0.3, 0.4) is 0 Å². The number of alkyl carbamates (subject to hydrolysis) is 1. The molecule has 8 heteroatoms. The molecule has 1 aromatic carbocycles. The molecule has 0 radical (unpaired) electrons. The zero-order chi connectivity index (χ0) is 25.2. The quantitative estimate of drug-likeness (QED) is 0.657. The van der Waals surface area contributed by atoms with E-state index < -0.39 is 11.7 Å². The first kappa shape index (κ1) is 25.8. The summed E-state index contributed by atoms with van der Waals surface area (Å²) in [5.41, 5.74) is 0.170. The minimum Gasteiger partial charge on any atom is -0.497 e. The third-order valence-electron chi connectivity index (χ3n) is 6.70. The van der Waals surface area contributed by atoms with Crippen molar-refractivity contribution in [3.63, 3.8) is 0 Å². The molecule has 0 aliphatic heterocycles. The van der Waals surface area contributed by atoms with Gasteiger partial charge >= 0.3 is 11.8 Å². The summed E-state index contributed by atoms with van der Waals surface area (Å²) in [5.74, 6) is 1.33. The third kappa shape index (κ3) is 5.65. The summed E-state index contributed by atoms with van der Waals surface area (Å²) >= 11 is 0. The highest BCUT2D eigenvalue weighted by atomic mass is 16.6. The number of fused-ring (bicyclic) bond motifs is 1. The average molecular weight is 474 g/mol. The van der Waals surface area contributed by atoms with Crippen molar-refractivity contribution in [1.82, 2.24) is 14.5 Å². The van der Waals surface area contributed by atoms with Crippen LogP contribution in [0, 0.1) is 23.7 Å². The number of carbonyl (C=O) groups is 2. The Bertz CT molecular complexity index is 1090. The summed E-state index contributed by atoms with van der Waals surface area (Å²) in [6.07, 6.45) is 2.35. The van der Waals surface area contributed by atoms with Gasteiger partial charge in [-0.05, 0) is 63.5 Å². The molecular formula is C26H39N3O5. The molecule has 3 rings (SSSR count). The van der Waals surface area contributed by atoms with Crippen molar-refractivity contribution >= 4 is 23.0 Å². The number of hydrogen-bond acceptors (Lipinski definition) is 5. The first-order valence-corrected chi connectivity index (χ1v) is 12.2. The van der Waals surface area contributed by atoms with Crippen molar-refractivity contribution < 1.29 is 19.1 Å². The predicted molar refractivity (Wildman–Crippen MR) is 132 cm³/mol. The third-order valence-corrected chi connectivity index (χ3v) is 6.70. The lowest BCUT2D eigenvalue weighted by atomic mass is 9.69. The van der Waals surface area contributed by atoms with Crippen LogP contribution in [-0.2, 0) is 11.3 Å². The van der Waals surface area contributed by atoms with Crippen LogP contribution in [0.4, 0.5) is 4.79 Å². The second-order valence-electron chi connectivity index (χ2n) is 10.8. The van der Waals surface area contributed by atoms with Crippen LogP contribution in [0.25, 0.3) is 11.0 Å². The van der Waals surface area contributed by atoms with Crippen molar-refractivity contribution in [1.29, 1.82) is 0 Å². The Morgan fingerprint density at radius 2 is 1.88 bits per heavy atom. The standard InChI is InChI=1S/C26H39N3O5/c1-16(2)19-10-8-17(3)14-20(19)23(30)29-21-11-9-18(33-7)15-22(21)28(25(29)32)13-12-27-24(31)34-26(4,5)6/h9,11,15-17,19-20H,8,10,12-14H2,1-7H3,(H,27,31). The fourth-order valence-corrected chi connectivity index (χ4v) is 5.03. The van der Waals surface area contributed by atoms with Gasteiger partial charge in [0.1, 0.15) is 11.4 Å². The zero-order valence-corrected chi connectivity index (χ0v) is 21.5. The summed E-state index contributed by atoms with van der Waals surface area (Å²) in [5, 5.41) is 2.69. The molecule has 1 heterocycles. The van der Waals surface area contributed by atoms with Gasteiger partial charge in [0.15, 0.2) is 0 Å². The maximum absolute atomic E-state index is 13.8. The van der Waals surface area contributed by atoms with Crippen molar-refractivity contribution in [3.05, 3.63) is 28.7 Å². The fourth-order valence-electron chi connectivity index (χ4n) is 5.03. The molecule has 188 valence electrons. The molecule has 1 saturated carbocycles. The van der Waals surface area contributed by atoms with E-state index in [-0.39, 0.29) is 36.5 Å². The minimum absolute atomic E-state index is 0.135. The Labute approximate surface area is 201 Å². The smallest absolute Gasteiger partial charge is 0.407 e. The molecule has 1 aliphatic rings. The van der Waals surface area contributed by atoms with E-state index in [1.807, 2.05) is 0 Å². The largest absolute Gasteiger partial charge is 0.497 e. The maximum Gasteiger partial charge on any atom is 0.407 e. The summed E-state index contributed by atoms with van der Waals surface area (Å²) in [6, 6.07) is 5.29. The molecule has 1 aromatic heterocycles. The van der Waals surface area contributed by atoms with Crippen LogP contribution in [-0.4, -0.2) is 40.4 Å². The Balaban J connectivity index is 1.96. The molecule has 0 bridgehead atoms. The number of carbonyl (C=O) groups excluding carboxylic acids is 2. The van der Waals surface area contributed by atoms with Crippen LogP contribution < -0.4 is 15.7 Å². The molecular weight excluding hydrogens is 434 g/mol. The van der Waals surface area contributed by atoms with Crippen LogP contribution >= 0.6 is 0 Å². The zero-order valence-electron chi connectivity index (χ0n) is 21.5. The molecule has 1 aliphatic carbocycles. The minimum atomic E-state index is -0.610. The van der Waals surface area contributed by atoms with Crippen LogP contribution in [0.2, 0.25) is 0 Å². The maximum atomic E-state index is 13.8. The monoisotopic (exact) mass is 473 g/mol. The van der Waals surface area contributed by atoms with Crippen molar-refractivity contribution in [2.75, 3.05) is 13.7 Å². The molecule has 2 aromatic rings. The SMILES string of the molecule is COc1ccc2c(c1)n(CCNC(=O)OC(C)(C)C)c(=O)n2C(=O)C1CC(C)CCC1C(C)C. The lowest BCUT2D eigenvalue weighted by Gasteiger charge is -2.36. The van der Waals surface area contributed by atoms with E-state index in [1.165, 1.54) is 9.13 Å². The number of benzene rings is 1. The Morgan fingerprint density at radius 1 is 1.18 bits per heavy atom. The van der Waals surface area contributed by atoms with E-state index in [2.05, 4.69) is 26.1 Å². The van der Waals surface area contributed by atoms with Crippen molar-refractivity contribution in [2.24, 2.45) is 23.7 Å². The summed E-state index contributed by atoms with van der Waals surface area (Å²) in [7, 11) is 1.56. The number of amides is 1. The topological polar surface area (TPSA) is 91.6 Å². The van der Waals surface area contributed by atoms with Gasteiger partial charge in [-0.15, -0.1) is 0 Å². The number of nitrogens with zero attached hydrogens (tertiary/aromatic N) is 2. The molecule has 1 fully saturated rings. The highest BCUT2D eigenvalue weighted by Gasteiger charge is 2.37. The van der Waals surface area contributed by atoms with Crippen molar-refractivity contribution in [3.8, 4) is 5.75 Å². The molecule has 1 amide bonds. The van der Waals surface area contributed by atoms with E-state index in [9.17, 15) is 14.4 Å². The summed E-state index contributed by atoms with van der Waals surface area (Å²) < 4.78 is 13.5. The van der Waals surface area contributed by atoms with Gasteiger partial charge in [-0.25, -0.2) is 14.2 Å². The summed E-state index contributed by atoms with van der Waals surface area (Å²) in [4.78, 5) is 39.4. The number of aromatic nitrogens is 2. The highest BCUT2D eigenvalue weighted by Crippen LogP contribution is 2.39. The molecule has 34 heavy (non-hydrogen) atoms. The predicted octanol–water partition coefficient (Wildman–Crippen LogP) is 4.68. The molecule has 8 nitrogen and oxygen atoms in total. The average Bonchev–Trinajstić information content (AvgIpc) is 3.02. The number of ether oxygens (including phenoxy) is 2. The van der Waals surface area contributed by atoms with Crippen molar-refractivity contribution in [2.45, 2.75) is 73.0 Å². The molecule has 3 unspecified atom stereocenters. The van der Waals surface area contributed by atoms with Gasteiger partial charge in [0.2, 0.25) is 5.91 Å². The Morgan fingerprint density at radius 3 is 2.50 bits per heavy atom. The molecule has 1 N–H and O–H groups in total. The molecule has 3 atom stereocenters. The number of imidazole rings is 1. The van der Waals surface area contributed by atoms with Gasteiger partial charge in [-0.1, -0.05) is 27.2 Å². The number of rotatable bonds is 6. The fraction of sp³-hybridized carbons (Fsp3) is 0.654. The van der Waals surface area contributed by atoms with Crippen LogP contribution in [0.1, 0.15) is 65.6 Å². The number of methoxy groups -OCH3 is 1. The second kappa shape index (κ2) is 10.2. The Kier molecular flexibility index (Phi) is 7.78. The van der Waals surface area contributed by atoms with E-state index >= 15 is 0 Å². The van der Waals surface area contributed by atoms with Gasteiger partial charge < -0.3 is 14.8 Å². The molecule has 0 spiro atoms. The number of hydrogen-bond donors (Lipinski definition) is 1. The lowest BCUT2D eigenvalue weighted by Crippen LogP contribution is -2.41. The van der Waals surface area contributed by atoms with Gasteiger partial charge in [0.25, 0.3) is 0 Å². The molecule has 0 saturated heterocycles. The normalized spacial score (nSPS) is 21.0. The first-order valence-electron chi connectivity index (χ1n) is 12.2.